The van der Waals surface area contributed by atoms with Crippen LogP contribution >= 0.6 is 11.8 Å². The highest BCUT2D eigenvalue weighted by Gasteiger charge is 2.32. The largest absolute Gasteiger partial charge is 0.480 e. The number of carbonyl (C=O) groups excluding carboxylic acids is 4. The Morgan fingerprint density at radius 2 is 1.47 bits per heavy atom. The van der Waals surface area contributed by atoms with Crippen LogP contribution in [0.3, 0.4) is 0 Å². The molecule has 0 bridgehead atoms. The average molecular weight is 504 g/mol. The van der Waals surface area contributed by atoms with Gasteiger partial charge in [0.1, 0.15) is 18.1 Å². The molecule has 0 rings (SSSR count). The van der Waals surface area contributed by atoms with Crippen LogP contribution < -0.4 is 27.4 Å². The highest BCUT2D eigenvalue weighted by atomic mass is 32.2. The summed E-state index contributed by atoms with van der Waals surface area (Å²) in [6.07, 6.45) is 2.96. The second-order valence-electron chi connectivity index (χ2n) is 8.85. The number of carboxylic acids is 1. The van der Waals surface area contributed by atoms with Crippen molar-refractivity contribution in [3.05, 3.63) is 0 Å². The van der Waals surface area contributed by atoms with Gasteiger partial charge < -0.3 is 32.5 Å². The molecule has 8 N–H and O–H groups in total. The zero-order valence-corrected chi connectivity index (χ0v) is 21.6. The summed E-state index contributed by atoms with van der Waals surface area (Å²) in [7, 11) is 0. The number of hydrogen-bond acceptors (Lipinski definition) is 7. The summed E-state index contributed by atoms with van der Waals surface area (Å²) in [5.41, 5.74) is 10.9. The Morgan fingerprint density at radius 1 is 0.912 bits per heavy atom. The van der Waals surface area contributed by atoms with E-state index in [1.807, 2.05) is 27.0 Å². The molecule has 34 heavy (non-hydrogen) atoms. The van der Waals surface area contributed by atoms with Crippen molar-refractivity contribution in [2.45, 2.75) is 84.0 Å². The fourth-order valence-electron chi connectivity index (χ4n) is 3.12. The molecular formula is C22H41N5O6S. The number of nitrogens with one attached hydrogen (secondary N) is 3. The Kier molecular flexibility index (Phi) is 15.2. The molecule has 12 heteroatoms. The number of thioether (sulfide) groups is 1. The first-order valence-corrected chi connectivity index (χ1v) is 12.9. The molecule has 11 nitrogen and oxygen atoms in total. The first-order chi connectivity index (χ1) is 15.8. The van der Waals surface area contributed by atoms with E-state index in [0.29, 0.717) is 18.6 Å². The van der Waals surface area contributed by atoms with Crippen molar-refractivity contribution < 1.29 is 29.1 Å². The van der Waals surface area contributed by atoms with E-state index in [0.717, 1.165) is 0 Å². The number of carbonyl (C=O) groups is 5. The maximum absolute atomic E-state index is 13.0. The van der Waals surface area contributed by atoms with Gasteiger partial charge in [-0.2, -0.15) is 11.8 Å². The van der Waals surface area contributed by atoms with E-state index in [-0.39, 0.29) is 31.1 Å². The Balaban J connectivity index is 5.48. The Bertz CT molecular complexity index is 705. The Hall–Kier alpha value is -2.34. The third-order valence-corrected chi connectivity index (χ3v) is 6.04. The minimum Gasteiger partial charge on any atom is -0.480 e. The van der Waals surface area contributed by atoms with Crippen LogP contribution in [0.5, 0.6) is 0 Å². The monoisotopic (exact) mass is 503 g/mol. The summed E-state index contributed by atoms with van der Waals surface area (Å²) >= 11 is 1.48. The van der Waals surface area contributed by atoms with Crippen molar-refractivity contribution >= 4 is 41.4 Å². The molecule has 0 heterocycles. The number of aliphatic carboxylic acids is 1. The molecule has 0 aromatic rings. The molecule has 5 unspecified atom stereocenters. The lowest BCUT2D eigenvalue weighted by Crippen LogP contribution is -2.58. The molecule has 4 amide bonds. The van der Waals surface area contributed by atoms with E-state index in [1.54, 1.807) is 6.92 Å². The van der Waals surface area contributed by atoms with Crippen LogP contribution in [0, 0.1) is 11.8 Å². The van der Waals surface area contributed by atoms with Gasteiger partial charge in [0.15, 0.2) is 0 Å². The van der Waals surface area contributed by atoms with Gasteiger partial charge in [-0.3, -0.25) is 19.2 Å². The molecule has 0 radical (unpaired) electrons. The van der Waals surface area contributed by atoms with Crippen molar-refractivity contribution in [1.29, 1.82) is 0 Å². The smallest absolute Gasteiger partial charge is 0.326 e. The molecule has 196 valence electrons. The molecule has 0 aliphatic rings. The molecular weight excluding hydrogens is 462 g/mol. The number of amides is 4. The van der Waals surface area contributed by atoms with Gasteiger partial charge in [0.25, 0.3) is 0 Å². The second-order valence-corrected chi connectivity index (χ2v) is 9.84. The second kappa shape index (κ2) is 16.3. The highest BCUT2D eigenvalue weighted by molar-refractivity contribution is 7.98. The lowest BCUT2D eigenvalue weighted by Gasteiger charge is -2.27. The first kappa shape index (κ1) is 31.7. The Labute approximate surface area is 205 Å². The molecule has 0 saturated carbocycles. The zero-order chi connectivity index (χ0) is 26.4. The van der Waals surface area contributed by atoms with Gasteiger partial charge in [-0.05, 0) is 43.1 Å². The Morgan fingerprint density at radius 3 is 1.94 bits per heavy atom. The van der Waals surface area contributed by atoms with E-state index in [4.69, 9.17) is 11.5 Å². The summed E-state index contributed by atoms with van der Waals surface area (Å²) in [5, 5.41) is 17.3. The normalized spacial score (nSPS) is 15.5. The van der Waals surface area contributed by atoms with Gasteiger partial charge in [-0.15, -0.1) is 0 Å². The third-order valence-electron chi connectivity index (χ3n) is 5.40. The van der Waals surface area contributed by atoms with Crippen LogP contribution in [0.15, 0.2) is 0 Å². The predicted octanol–water partition coefficient (Wildman–Crippen LogP) is -0.0365. The summed E-state index contributed by atoms with van der Waals surface area (Å²) in [6, 6.07) is -4.03. The van der Waals surface area contributed by atoms with Crippen LogP contribution in [0.4, 0.5) is 0 Å². The number of primary amides is 1. The lowest BCUT2D eigenvalue weighted by atomic mass is 9.98. The maximum Gasteiger partial charge on any atom is 0.326 e. The first-order valence-electron chi connectivity index (χ1n) is 11.5. The van der Waals surface area contributed by atoms with E-state index >= 15 is 0 Å². The molecule has 0 aromatic heterocycles. The summed E-state index contributed by atoms with van der Waals surface area (Å²) in [4.78, 5) is 61.0. The molecule has 0 aliphatic carbocycles. The van der Waals surface area contributed by atoms with Crippen LogP contribution in [0.1, 0.15) is 59.8 Å². The van der Waals surface area contributed by atoms with Crippen molar-refractivity contribution in [3.63, 3.8) is 0 Å². The van der Waals surface area contributed by atoms with Gasteiger partial charge >= 0.3 is 5.97 Å². The standard InChI is InChI=1S/C22H41N5O6S/c1-6-13(4)18(22(32)33)27-20(30)15(9-10-34-5)25-21(31)16(11-12(2)3)26-19(29)14(23)7-8-17(24)28/h12-16,18H,6-11,23H2,1-5H3,(H2,24,28)(H,25,31)(H,26,29)(H,27,30)(H,32,33). The van der Waals surface area contributed by atoms with Gasteiger partial charge in [0.2, 0.25) is 23.6 Å². The van der Waals surface area contributed by atoms with Crippen LogP contribution in [0.2, 0.25) is 0 Å². The van der Waals surface area contributed by atoms with Crippen LogP contribution in [0.25, 0.3) is 0 Å². The van der Waals surface area contributed by atoms with Crippen molar-refractivity contribution in [2.75, 3.05) is 12.0 Å². The average Bonchev–Trinajstić information content (AvgIpc) is 2.76. The summed E-state index contributed by atoms with van der Waals surface area (Å²) < 4.78 is 0. The van der Waals surface area contributed by atoms with E-state index in [1.165, 1.54) is 11.8 Å². The van der Waals surface area contributed by atoms with E-state index in [9.17, 15) is 29.1 Å². The number of nitrogens with two attached hydrogens (primary N) is 2. The molecule has 0 fully saturated rings. The van der Waals surface area contributed by atoms with Gasteiger partial charge in [0, 0.05) is 6.42 Å². The van der Waals surface area contributed by atoms with Gasteiger partial charge in [0.05, 0.1) is 6.04 Å². The minimum absolute atomic E-state index is 0.0400. The number of hydrogen-bond donors (Lipinski definition) is 6. The SMILES string of the molecule is CCC(C)C(NC(=O)C(CCSC)NC(=O)C(CC(C)C)NC(=O)C(N)CCC(N)=O)C(=O)O. The molecule has 0 aromatic carbocycles. The van der Waals surface area contributed by atoms with E-state index < -0.39 is 53.8 Å². The number of rotatable bonds is 17. The maximum atomic E-state index is 13.0. The van der Waals surface area contributed by atoms with E-state index in [2.05, 4.69) is 16.0 Å². The quantitative estimate of drug-likeness (QED) is 0.159. The molecule has 5 atom stereocenters. The minimum atomic E-state index is -1.15. The molecule has 0 aliphatic heterocycles. The summed E-state index contributed by atoms with van der Waals surface area (Å²) in [6.45, 7) is 7.30. The van der Waals surface area contributed by atoms with Gasteiger partial charge in [-0.1, -0.05) is 34.1 Å². The van der Waals surface area contributed by atoms with Crippen molar-refractivity contribution in [1.82, 2.24) is 16.0 Å². The van der Waals surface area contributed by atoms with Crippen molar-refractivity contribution in [2.24, 2.45) is 23.3 Å². The lowest BCUT2D eigenvalue weighted by molar-refractivity contribution is -0.144. The molecule has 0 spiro atoms. The zero-order valence-electron chi connectivity index (χ0n) is 20.8. The molecule has 0 saturated heterocycles. The third kappa shape index (κ3) is 12.2. The van der Waals surface area contributed by atoms with Crippen molar-refractivity contribution in [3.8, 4) is 0 Å². The fourth-order valence-corrected chi connectivity index (χ4v) is 3.60. The summed E-state index contributed by atoms with van der Waals surface area (Å²) in [5.74, 6) is -3.20. The topological polar surface area (TPSA) is 194 Å². The predicted molar refractivity (Wildman–Crippen MR) is 132 cm³/mol. The highest BCUT2D eigenvalue weighted by Crippen LogP contribution is 2.11. The number of carboxylic acid groups (broad SMARTS) is 1. The fraction of sp³-hybridized carbons (Fsp3) is 0.773. The van der Waals surface area contributed by atoms with Crippen LogP contribution in [-0.2, 0) is 24.0 Å². The van der Waals surface area contributed by atoms with Gasteiger partial charge in [-0.25, -0.2) is 4.79 Å². The van der Waals surface area contributed by atoms with Crippen LogP contribution in [-0.4, -0.2) is 70.9 Å².